The second-order valence-corrected chi connectivity index (χ2v) is 5.27. The van der Waals surface area contributed by atoms with Gasteiger partial charge in [0.15, 0.2) is 5.16 Å². The second kappa shape index (κ2) is 5.97. The molecule has 0 aliphatic rings. The lowest BCUT2D eigenvalue weighted by Gasteiger charge is -2.10. The molecule has 0 radical (unpaired) electrons. The Kier molecular flexibility index (Phi) is 4.30. The van der Waals surface area contributed by atoms with E-state index in [0.717, 1.165) is 0 Å². The number of thioether (sulfide) groups is 1. The first-order chi connectivity index (χ1) is 9.54. The molecule has 0 aliphatic carbocycles. The van der Waals surface area contributed by atoms with E-state index >= 15 is 0 Å². The molecule has 2 aromatic heterocycles. The Balaban J connectivity index is 2.14. The number of amides is 1. The lowest BCUT2D eigenvalue weighted by atomic mass is 10.2. The van der Waals surface area contributed by atoms with Gasteiger partial charge in [-0.05, 0) is 19.9 Å². The third kappa shape index (κ3) is 2.78. The maximum Gasteiger partial charge on any atom is 0.268 e. The van der Waals surface area contributed by atoms with Crippen LogP contribution in [-0.4, -0.2) is 20.7 Å². The van der Waals surface area contributed by atoms with E-state index in [4.69, 9.17) is 16.0 Å². The molecule has 20 heavy (non-hydrogen) atoms. The number of hydrogen-bond acceptors (Lipinski definition) is 7. The number of furan rings is 1. The Morgan fingerprint density at radius 2 is 2.30 bits per heavy atom. The lowest BCUT2D eigenvalue weighted by Crippen LogP contribution is -2.30. The molecule has 2 rings (SSSR count). The molecule has 0 spiro atoms. The number of nitrogen functional groups attached to an aromatic ring is 2. The zero-order chi connectivity index (χ0) is 14.7. The number of rotatable bonds is 5. The summed E-state index contributed by atoms with van der Waals surface area (Å²) in [4.78, 5) is 11.5. The maximum atomic E-state index is 11.5. The molecule has 2 heterocycles. The highest BCUT2D eigenvalue weighted by Crippen LogP contribution is 2.27. The van der Waals surface area contributed by atoms with Gasteiger partial charge in [0.2, 0.25) is 5.95 Å². The Morgan fingerprint density at radius 3 is 2.95 bits per heavy atom. The molecule has 0 bridgehead atoms. The monoisotopic (exact) mass is 296 g/mol. The first-order valence-corrected chi connectivity index (χ1v) is 6.93. The third-order valence-corrected chi connectivity index (χ3v) is 3.60. The average molecular weight is 296 g/mol. The fraction of sp³-hybridized carbons (Fsp3) is 0.364. The van der Waals surface area contributed by atoms with Gasteiger partial charge in [-0.25, -0.2) is 5.84 Å². The van der Waals surface area contributed by atoms with Gasteiger partial charge in [0, 0.05) is 6.04 Å². The smallest absolute Gasteiger partial charge is 0.268 e. The fourth-order valence-corrected chi connectivity index (χ4v) is 2.76. The van der Waals surface area contributed by atoms with Crippen LogP contribution in [0.5, 0.6) is 0 Å². The van der Waals surface area contributed by atoms with Crippen LogP contribution >= 0.6 is 11.8 Å². The van der Waals surface area contributed by atoms with Crippen molar-refractivity contribution < 1.29 is 9.21 Å². The van der Waals surface area contributed by atoms with Crippen LogP contribution in [0.2, 0.25) is 0 Å². The van der Waals surface area contributed by atoms with Crippen molar-refractivity contribution in [3.8, 4) is 0 Å². The summed E-state index contributed by atoms with van der Waals surface area (Å²) in [5, 5.41) is 8.54. The molecule has 2 aromatic rings. The van der Waals surface area contributed by atoms with E-state index in [1.54, 1.807) is 6.07 Å². The second-order valence-electron chi connectivity index (χ2n) is 4.32. The Labute approximate surface area is 119 Å². The summed E-state index contributed by atoms with van der Waals surface area (Å²) in [6.45, 7) is 3.98. The van der Waals surface area contributed by atoms with E-state index in [2.05, 4.69) is 15.6 Å². The highest BCUT2D eigenvalue weighted by Gasteiger charge is 2.17. The molecule has 8 nitrogen and oxygen atoms in total. The van der Waals surface area contributed by atoms with Crippen LogP contribution in [0.4, 0.5) is 5.95 Å². The average Bonchev–Trinajstić information content (AvgIpc) is 3.01. The molecule has 108 valence electrons. The van der Waals surface area contributed by atoms with Gasteiger partial charge in [-0.1, -0.05) is 11.8 Å². The van der Waals surface area contributed by atoms with Gasteiger partial charge in [-0.2, -0.15) is 0 Å². The van der Waals surface area contributed by atoms with Crippen molar-refractivity contribution in [1.29, 1.82) is 0 Å². The molecule has 0 unspecified atom stereocenters. The van der Waals surface area contributed by atoms with E-state index < -0.39 is 0 Å². The summed E-state index contributed by atoms with van der Waals surface area (Å²) in [5.41, 5.74) is 8.25. The van der Waals surface area contributed by atoms with Crippen LogP contribution < -0.4 is 17.0 Å². The molecule has 0 saturated carbocycles. The number of carbonyl (C=O) groups excluding carboxylic acids is 1. The van der Waals surface area contributed by atoms with Gasteiger partial charge in [0.05, 0.1) is 17.6 Å². The zero-order valence-electron chi connectivity index (χ0n) is 11.2. The number of nitrogens with zero attached hydrogens (tertiary/aromatic N) is 3. The molecule has 1 amide bonds. The van der Waals surface area contributed by atoms with Gasteiger partial charge < -0.3 is 10.2 Å². The van der Waals surface area contributed by atoms with E-state index in [-0.39, 0.29) is 11.9 Å². The van der Waals surface area contributed by atoms with Crippen LogP contribution in [0.3, 0.4) is 0 Å². The number of aromatic nitrogens is 3. The molecule has 5 N–H and O–H groups in total. The van der Waals surface area contributed by atoms with E-state index in [9.17, 15) is 4.79 Å². The van der Waals surface area contributed by atoms with Crippen molar-refractivity contribution in [3.63, 3.8) is 0 Å². The van der Waals surface area contributed by atoms with Crippen LogP contribution in [0, 0.1) is 0 Å². The Hall–Kier alpha value is -2.00. The molecule has 9 heteroatoms. The van der Waals surface area contributed by atoms with Gasteiger partial charge in [0.25, 0.3) is 5.91 Å². The summed E-state index contributed by atoms with van der Waals surface area (Å²) in [7, 11) is 0. The lowest BCUT2D eigenvalue weighted by molar-refractivity contribution is 0.0952. The molecular weight excluding hydrogens is 280 g/mol. The number of hydrazine groups is 1. The summed E-state index contributed by atoms with van der Waals surface area (Å²) in [5.74, 6) is 6.04. The number of carbonyl (C=O) groups is 1. The number of anilines is 1. The molecule has 0 fully saturated rings. The quantitative estimate of drug-likeness (QED) is 0.324. The van der Waals surface area contributed by atoms with Crippen molar-refractivity contribution in [2.24, 2.45) is 5.84 Å². The van der Waals surface area contributed by atoms with Crippen molar-refractivity contribution in [1.82, 2.24) is 20.2 Å². The number of hydrogen-bond donors (Lipinski definition) is 3. The number of nitrogens with one attached hydrogen (secondary N) is 1. The summed E-state index contributed by atoms with van der Waals surface area (Å²) in [6, 6.07) is 1.72. The predicted octanol–water partition coefficient (Wildman–Crippen LogP) is 0.930. The van der Waals surface area contributed by atoms with Gasteiger partial charge in [-0.3, -0.25) is 14.8 Å². The van der Waals surface area contributed by atoms with Crippen molar-refractivity contribution in [2.75, 3.05) is 5.73 Å². The van der Waals surface area contributed by atoms with Crippen molar-refractivity contribution in [3.05, 3.63) is 23.7 Å². The van der Waals surface area contributed by atoms with Crippen LogP contribution in [-0.2, 0) is 5.75 Å². The third-order valence-electron chi connectivity index (χ3n) is 2.66. The zero-order valence-corrected chi connectivity index (χ0v) is 12.0. The molecular formula is C11H16N6O2S. The normalized spacial score (nSPS) is 11.0. The van der Waals surface area contributed by atoms with Gasteiger partial charge in [-0.15, -0.1) is 10.2 Å². The Morgan fingerprint density at radius 1 is 1.55 bits per heavy atom. The summed E-state index contributed by atoms with van der Waals surface area (Å²) in [6.07, 6.45) is 1.45. The molecule has 0 atom stereocenters. The topological polar surface area (TPSA) is 125 Å². The first-order valence-electron chi connectivity index (χ1n) is 5.95. The predicted molar refractivity (Wildman–Crippen MR) is 74.7 cm³/mol. The minimum absolute atomic E-state index is 0.149. The molecule has 0 saturated heterocycles. The van der Waals surface area contributed by atoms with E-state index in [0.29, 0.717) is 28.2 Å². The fourth-order valence-electron chi connectivity index (χ4n) is 1.73. The summed E-state index contributed by atoms with van der Waals surface area (Å²) < 4.78 is 7.11. The Bertz CT molecular complexity index is 606. The largest absolute Gasteiger partial charge is 0.468 e. The first kappa shape index (κ1) is 14.4. The SMILES string of the molecule is CC(C)n1c(N)nnc1SCc1occc1C(=O)NN. The van der Waals surface area contributed by atoms with Crippen LogP contribution in [0.1, 0.15) is 36.0 Å². The van der Waals surface area contributed by atoms with Gasteiger partial charge in [0.1, 0.15) is 5.76 Å². The molecule has 0 aromatic carbocycles. The van der Waals surface area contributed by atoms with Gasteiger partial charge >= 0.3 is 0 Å². The highest BCUT2D eigenvalue weighted by atomic mass is 32.2. The van der Waals surface area contributed by atoms with E-state index in [1.165, 1.54) is 18.0 Å². The van der Waals surface area contributed by atoms with Crippen molar-refractivity contribution >= 4 is 23.6 Å². The maximum absolute atomic E-state index is 11.5. The minimum atomic E-state index is -0.390. The molecule has 0 aliphatic heterocycles. The standard InChI is InChI=1S/C11H16N6O2S/c1-6(2)17-10(12)15-16-11(17)20-5-8-7(3-4-19-8)9(18)14-13/h3-4,6H,5,13H2,1-2H3,(H2,12,15)(H,14,18). The van der Waals surface area contributed by atoms with Crippen LogP contribution in [0.25, 0.3) is 0 Å². The van der Waals surface area contributed by atoms with E-state index in [1.807, 2.05) is 18.4 Å². The number of nitrogens with two attached hydrogens (primary N) is 2. The minimum Gasteiger partial charge on any atom is -0.468 e. The highest BCUT2D eigenvalue weighted by molar-refractivity contribution is 7.98. The summed E-state index contributed by atoms with van der Waals surface area (Å²) >= 11 is 1.39. The van der Waals surface area contributed by atoms with Crippen LogP contribution in [0.15, 0.2) is 21.9 Å². The van der Waals surface area contributed by atoms with Crippen molar-refractivity contribution in [2.45, 2.75) is 30.8 Å².